The van der Waals surface area contributed by atoms with E-state index < -0.39 is 6.03 Å². The summed E-state index contributed by atoms with van der Waals surface area (Å²) in [5, 5.41) is 2.25. The number of nitrogens with zero attached hydrogens (tertiary/aromatic N) is 2. The summed E-state index contributed by atoms with van der Waals surface area (Å²) >= 11 is 0. The molecule has 3 amide bonds. The van der Waals surface area contributed by atoms with Crippen molar-refractivity contribution in [2.75, 3.05) is 0 Å². The minimum Gasteiger partial charge on any atom is -0.313 e. The molecule has 0 radical (unpaired) electrons. The average molecular weight is 181 g/mol. The molecule has 1 N–H and O–H groups in total. The molecule has 0 aromatic carbocycles. The van der Waals surface area contributed by atoms with Crippen molar-refractivity contribution >= 4 is 24.5 Å². The highest BCUT2D eigenvalue weighted by Crippen LogP contribution is 1.83. The number of hydrogen-bond donors (Lipinski definition) is 1. The molecule has 0 aliphatic carbocycles. The molecule has 0 aromatic heterocycles. The van der Waals surface area contributed by atoms with Crippen LogP contribution in [0.4, 0.5) is 4.79 Å². The van der Waals surface area contributed by atoms with Gasteiger partial charge in [-0.3, -0.25) is 4.79 Å². The highest BCUT2D eigenvalue weighted by molar-refractivity contribution is 6.01. The van der Waals surface area contributed by atoms with Crippen molar-refractivity contribution in [1.29, 1.82) is 0 Å². The van der Waals surface area contributed by atoms with E-state index in [0.717, 1.165) is 6.34 Å². The zero-order chi connectivity index (χ0) is 10.3. The van der Waals surface area contributed by atoms with E-state index in [1.54, 1.807) is 13.8 Å². The van der Waals surface area contributed by atoms with Gasteiger partial charge in [-0.2, -0.15) is 4.99 Å². The molecule has 5 nitrogen and oxygen atoms in total. The number of carbonyl (C=O) groups is 2. The number of amides is 3. The minimum atomic E-state index is -0.662. The summed E-state index contributed by atoms with van der Waals surface area (Å²) in [5.74, 6) is -0.378. The topological polar surface area (TPSA) is 70.9 Å². The van der Waals surface area contributed by atoms with Crippen LogP contribution in [0.25, 0.3) is 0 Å². The molecule has 0 spiro atoms. The molecule has 0 bridgehead atoms. The number of urea groups is 1. The van der Waals surface area contributed by atoms with Crippen LogP contribution in [-0.4, -0.2) is 24.5 Å². The maximum atomic E-state index is 10.8. The standard InChI is InChI=1S/C8H11N3O2/c1-4-9-8(13)11-5-10-7(12)6(2)3/h4-5H,2H2,1,3H3,(H,10,11,12,13). The fourth-order valence-corrected chi connectivity index (χ4v) is 0.413. The van der Waals surface area contributed by atoms with Gasteiger partial charge in [0.05, 0.1) is 0 Å². The molecule has 13 heavy (non-hydrogen) atoms. The fraction of sp³-hybridized carbons (Fsp3) is 0.250. The van der Waals surface area contributed by atoms with Crippen molar-refractivity contribution in [2.45, 2.75) is 13.8 Å². The van der Waals surface area contributed by atoms with Gasteiger partial charge in [-0.05, 0) is 13.8 Å². The lowest BCUT2D eigenvalue weighted by Gasteiger charge is -1.94. The van der Waals surface area contributed by atoms with Crippen molar-refractivity contribution in [2.24, 2.45) is 9.98 Å². The van der Waals surface area contributed by atoms with Gasteiger partial charge in [0.1, 0.15) is 6.34 Å². The first-order valence-electron chi connectivity index (χ1n) is 3.59. The maximum absolute atomic E-state index is 10.8. The molecule has 0 atom stereocenters. The summed E-state index contributed by atoms with van der Waals surface area (Å²) in [6, 6.07) is -0.662. The third-order valence-electron chi connectivity index (χ3n) is 0.998. The highest BCUT2D eigenvalue weighted by Gasteiger charge is 1.97. The number of aliphatic imine (C=N–C) groups is 2. The first-order valence-corrected chi connectivity index (χ1v) is 3.59. The van der Waals surface area contributed by atoms with Crippen LogP contribution >= 0.6 is 0 Å². The second-order valence-corrected chi connectivity index (χ2v) is 2.18. The molecular weight excluding hydrogens is 170 g/mol. The molecular formula is C8H11N3O2. The third kappa shape index (κ3) is 5.49. The largest absolute Gasteiger partial charge is 0.368 e. The van der Waals surface area contributed by atoms with Crippen molar-refractivity contribution in [1.82, 2.24) is 5.32 Å². The van der Waals surface area contributed by atoms with Crippen LogP contribution in [0.5, 0.6) is 0 Å². The molecule has 0 aliphatic rings. The van der Waals surface area contributed by atoms with E-state index in [2.05, 4.69) is 21.9 Å². The summed E-state index contributed by atoms with van der Waals surface area (Å²) in [6.45, 7) is 6.55. The molecule has 0 saturated carbocycles. The fourth-order valence-electron chi connectivity index (χ4n) is 0.413. The predicted octanol–water partition coefficient (Wildman–Crippen LogP) is 0.918. The van der Waals surface area contributed by atoms with Crippen molar-refractivity contribution in [3.8, 4) is 0 Å². The Balaban J connectivity index is 3.95. The van der Waals surface area contributed by atoms with Crippen LogP contribution < -0.4 is 5.32 Å². The van der Waals surface area contributed by atoms with Crippen LogP contribution in [0.1, 0.15) is 13.8 Å². The van der Waals surface area contributed by atoms with E-state index in [9.17, 15) is 9.59 Å². The monoisotopic (exact) mass is 181 g/mol. The Morgan fingerprint density at radius 3 is 2.46 bits per heavy atom. The van der Waals surface area contributed by atoms with Crippen molar-refractivity contribution in [3.63, 3.8) is 0 Å². The second kappa shape index (κ2) is 5.82. The molecule has 0 aliphatic heterocycles. The SMILES string of the molecule is C=C(C)C(=O)NC=NC(=O)N=CC. The number of nitrogens with one attached hydrogen (secondary N) is 1. The van der Waals surface area contributed by atoms with Crippen molar-refractivity contribution < 1.29 is 9.59 Å². The van der Waals surface area contributed by atoms with Gasteiger partial charge in [0, 0.05) is 11.8 Å². The Morgan fingerprint density at radius 2 is 2.00 bits per heavy atom. The van der Waals surface area contributed by atoms with Crippen LogP contribution in [-0.2, 0) is 4.79 Å². The minimum absolute atomic E-state index is 0.345. The number of hydrogen-bond acceptors (Lipinski definition) is 2. The Morgan fingerprint density at radius 1 is 1.38 bits per heavy atom. The molecule has 0 unspecified atom stereocenters. The Bertz CT molecular complexity index is 279. The maximum Gasteiger partial charge on any atom is 0.368 e. The summed E-state index contributed by atoms with van der Waals surface area (Å²) < 4.78 is 0. The first kappa shape index (κ1) is 11.2. The van der Waals surface area contributed by atoms with Gasteiger partial charge in [0.25, 0.3) is 5.91 Å². The molecule has 0 saturated heterocycles. The molecule has 0 rings (SSSR count). The summed E-state index contributed by atoms with van der Waals surface area (Å²) in [7, 11) is 0. The predicted molar refractivity (Wildman–Crippen MR) is 51.0 cm³/mol. The van der Waals surface area contributed by atoms with Gasteiger partial charge in [-0.1, -0.05) is 6.58 Å². The third-order valence-corrected chi connectivity index (χ3v) is 0.998. The highest BCUT2D eigenvalue weighted by atomic mass is 16.2. The van der Waals surface area contributed by atoms with Crippen molar-refractivity contribution in [3.05, 3.63) is 12.2 Å². The molecule has 0 fully saturated rings. The lowest BCUT2D eigenvalue weighted by atomic mass is 10.3. The van der Waals surface area contributed by atoms with E-state index in [0.29, 0.717) is 5.57 Å². The van der Waals surface area contributed by atoms with E-state index in [-0.39, 0.29) is 5.91 Å². The van der Waals surface area contributed by atoms with Gasteiger partial charge in [0.2, 0.25) is 0 Å². The van der Waals surface area contributed by atoms with E-state index in [1.165, 1.54) is 6.21 Å². The summed E-state index contributed by atoms with van der Waals surface area (Å²) in [5.41, 5.74) is 0.345. The van der Waals surface area contributed by atoms with Gasteiger partial charge >= 0.3 is 6.03 Å². The summed E-state index contributed by atoms with van der Waals surface area (Å²) in [4.78, 5) is 28.1. The Kier molecular flexibility index (Phi) is 5.02. The normalized spacial score (nSPS) is 10.6. The molecule has 5 heteroatoms. The molecule has 0 heterocycles. The number of carbonyl (C=O) groups excluding carboxylic acids is 2. The van der Waals surface area contributed by atoms with Gasteiger partial charge in [-0.25, -0.2) is 9.79 Å². The van der Waals surface area contributed by atoms with Gasteiger partial charge in [-0.15, -0.1) is 0 Å². The second-order valence-electron chi connectivity index (χ2n) is 2.18. The summed E-state index contributed by atoms with van der Waals surface area (Å²) in [6.07, 6.45) is 2.31. The quantitative estimate of drug-likeness (QED) is 0.391. The van der Waals surface area contributed by atoms with Crippen LogP contribution in [0.3, 0.4) is 0 Å². The zero-order valence-corrected chi connectivity index (χ0v) is 7.57. The smallest absolute Gasteiger partial charge is 0.313 e. The number of rotatable bonds is 2. The molecule has 0 aromatic rings. The van der Waals surface area contributed by atoms with Gasteiger partial charge in [0.15, 0.2) is 0 Å². The van der Waals surface area contributed by atoms with Crippen LogP contribution in [0, 0.1) is 0 Å². The van der Waals surface area contributed by atoms with Gasteiger partial charge < -0.3 is 5.32 Å². The van der Waals surface area contributed by atoms with E-state index in [1.807, 2.05) is 0 Å². The Hall–Kier alpha value is -1.78. The zero-order valence-electron chi connectivity index (χ0n) is 7.57. The average Bonchev–Trinajstić information content (AvgIpc) is 2.04. The Labute approximate surface area is 76.3 Å². The lowest BCUT2D eigenvalue weighted by molar-refractivity contribution is -0.116. The first-order chi connectivity index (χ1) is 6.07. The van der Waals surface area contributed by atoms with E-state index >= 15 is 0 Å². The molecule has 70 valence electrons. The van der Waals surface area contributed by atoms with Crippen LogP contribution in [0.15, 0.2) is 22.1 Å². The van der Waals surface area contributed by atoms with Crippen LogP contribution in [0.2, 0.25) is 0 Å². The lowest BCUT2D eigenvalue weighted by Crippen LogP contribution is -2.22. The van der Waals surface area contributed by atoms with E-state index in [4.69, 9.17) is 0 Å².